The number of para-hydroxylation sites is 1. The zero-order chi connectivity index (χ0) is 18.9. The van der Waals surface area contributed by atoms with Crippen molar-refractivity contribution < 1.29 is 14.3 Å². The maximum atomic E-state index is 13.1. The molecule has 1 aromatic rings. The summed E-state index contributed by atoms with van der Waals surface area (Å²) in [6, 6.07) is 8.79. The fourth-order valence-corrected chi connectivity index (χ4v) is 3.34. The van der Waals surface area contributed by atoms with E-state index in [4.69, 9.17) is 4.74 Å². The first-order chi connectivity index (χ1) is 12.5. The lowest BCUT2D eigenvalue weighted by Gasteiger charge is -2.32. The predicted octanol–water partition coefficient (Wildman–Crippen LogP) is 2.93. The van der Waals surface area contributed by atoms with Gasteiger partial charge in [-0.25, -0.2) is 4.79 Å². The molecule has 0 aliphatic carbocycles. The van der Waals surface area contributed by atoms with Crippen molar-refractivity contribution >= 4 is 17.7 Å². The molecule has 0 bridgehead atoms. The van der Waals surface area contributed by atoms with Gasteiger partial charge in [-0.3, -0.25) is 9.69 Å². The van der Waals surface area contributed by atoms with Gasteiger partial charge < -0.3 is 15.4 Å². The highest BCUT2D eigenvalue weighted by atomic mass is 16.5. The molecule has 1 fully saturated rings. The molecule has 2 amide bonds. The standard InChI is InChI=1S/C20H31N3O3/c1-15(2)14-18(19(24)22-16-8-7-12-21-13-11-16)23(20(25)26-3)17-9-5-4-6-10-17/h4-6,9-10,15-16,18,21H,7-8,11-14H2,1-3H3,(H,22,24)/t16?,18-/m0/s1. The van der Waals surface area contributed by atoms with Crippen LogP contribution >= 0.6 is 0 Å². The first-order valence-corrected chi connectivity index (χ1v) is 9.46. The molecular formula is C20H31N3O3. The van der Waals surface area contributed by atoms with E-state index < -0.39 is 12.1 Å². The lowest BCUT2D eigenvalue weighted by atomic mass is 10.00. The smallest absolute Gasteiger partial charge is 0.414 e. The van der Waals surface area contributed by atoms with Crippen molar-refractivity contribution in [1.82, 2.24) is 10.6 Å². The predicted molar refractivity (Wildman–Crippen MR) is 103 cm³/mol. The molecule has 2 atom stereocenters. The van der Waals surface area contributed by atoms with Crippen molar-refractivity contribution in [1.29, 1.82) is 0 Å². The summed E-state index contributed by atoms with van der Waals surface area (Å²) in [4.78, 5) is 27.1. The summed E-state index contributed by atoms with van der Waals surface area (Å²) >= 11 is 0. The summed E-state index contributed by atoms with van der Waals surface area (Å²) in [5.74, 6) is 0.150. The van der Waals surface area contributed by atoms with E-state index in [-0.39, 0.29) is 17.9 Å². The summed E-state index contributed by atoms with van der Waals surface area (Å²) in [5.41, 5.74) is 0.669. The molecule has 1 unspecified atom stereocenters. The Morgan fingerprint density at radius 1 is 1.23 bits per heavy atom. The van der Waals surface area contributed by atoms with Crippen LogP contribution in [-0.2, 0) is 9.53 Å². The number of nitrogens with one attached hydrogen (secondary N) is 2. The van der Waals surface area contributed by atoms with Gasteiger partial charge in [0.2, 0.25) is 5.91 Å². The zero-order valence-corrected chi connectivity index (χ0v) is 16.0. The van der Waals surface area contributed by atoms with Crippen molar-refractivity contribution in [3.05, 3.63) is 30.3 Å². The lowest BCUT2D eigenvalue weighted by molar-refractivity contribution is -0.123. The second-order valence-electron chi connectivity index (χ2n) is 7.21. The summed E-state index contributed by atoms with van der Waals surface area (Å²) in [6.07, 6.45) is 2.96. The normalized spacial score (nSPS) is 18.7. The van der Waals surface area contributed by atoms with E-state index in [9.17, 15) is 9.59 Å². The molecule has 2 N–H and O–H groups in total. The fraction of sp³-hybridized carbons (Fsp3) is 0.600. The molecule has 26 heavy (non-hydrogen) atoms. The lowest BCUT2D eigenvalue weighted by Crippen LogP contribution is -2.52. The summed E-state index contributed by atoms with van der Waals surface area (Å²) in [5, 5.41) is 6.52. The van der Waals surface area contributed by atoms with Crippen LogP contribution in [-0.4, -0.2) is 44.3 Å². The van der Waals surface area contributed by atoms with E-state index in [1.807, 2.05) is 30.3 Å². The van der Waals surface area contributed by atoms with E-state index in [0.29, 0.717) is 12.1 Å². The monoisotopic (exact) mass is 361 g/mol. The Hall–Kier alpha value is -2.08. The molecule has 0 spiro atoms. The van der Waals surface area contributed by atoms with Gasteiger partial charge in [0.1, 0.15) is 6.04 Å². The molecule has 0 radical (unpaired) electrons. The van der Waals surface area contributed by atoms with Gasteiger partial charge in [0, 0.05) is 11.7 Å². The quantitative estimate of drug-likeness (QED) is 0.817. The Bertz CT molecular complexity index is 569. The summed E-state index contributed by atoms with van der Waals surface area (Å²) in [7, 11) is 1.35. The highest BCUT2D eigenvalue weighted by molar-refractivity contribution is 5.97. The number of benzene rings is 1. The molecule has 1 saturated heterocycles. The molecule has 2 rings (SSSR count). The third-order valence-corrected chi connectivity index (χ3v) is 4.64. The van der Waals surface area contributed by atoms with Gasteiger partial charge in [-0.15, -0.1) is 0 Å². The van der Waals surface area contributed by atoms with Crippen molar-refractivity contribution in [2.24, 2.45) is 5.92 Å². The molecule has 1 aliphatic rings. The first kappa shape index (κ1) is 20.2. The number of rotatable bonds is 6. The van der Waals surface area contributed by atoms with Crippen LogP contribution in [0.1, 0.15) is 39.5 Å². The van der Waals surface area contributed by atoms with E-state index in [1.165, 1.54) is 12.0 Å². The Balaban J connectivity index is 2.24. The van der Waals surface area contributed by atoms with E-state index in [1.54, 1.807) is 0 Å². The molecule has 6 nitrogen and oxygen atoms in total. The minimum atomic E-state index is -0.596. The number of anilines is 1. The molecule has 1 aromatic carbocycles. The number of amides is 2. The highest BCUT2D eigenvalue weighted by Gasteiger charge is 2.33. The van der Waals surface area contributed by atoms with Crippen LogP contribution in [0, 0.1) is 5.92 Å². The third-order valence-electron chi connectivity index (χ3n) is 4.64. The van der Waals surface area contributed by atoms with Gasteiger partial charge in [-0.2, -0.15) is 0 Å². The number of methoxy groups -OCH3 is 1. The van der Waals surface area contributed by atoms with Gasteiger partial charge in [-0.05, 0) is 56.8 Å². The summed E-state index contributed by atoms with van der Waals surface area (Å²) in [6.45, 7) is 5.99. The van der Waals surface area contributed by atoms with Crippen LogP contribution in [0.15, 0.2) is 30.3 Å². The minimum absolute atomic E-state index is 0.111. The van der Waals surface area contributed by atoms with Crippen LogP contribution in [0.2, 0.25) is 0 Å². The topological polar surface area (TPSA) is 70.7 Å². The molecular weight excluding hydrogens is 330 g/mol. The molecule has 0 saturated carbocycles. The van der Waals surface area contributed by atoms with Crippen molar-refractivity contribution in [2.75, 3.05) is 25.1 Å². The second-order valence-corrected chi connectivity index (χ2v) is 7.21. The van der Waals surface area contributed by atoms with Gasteiger partial charge >= 0.3 is 6.09 Å². The fourth-order valence-electron chi connectivity index (χ4n) is 3.34. The van der Waals surface area contributed by atoms with E-state index >= 15 is 0 Å². The van der Waals surface area contributed by atoms with Crippen molar-refractivity contribution in [3.8, 4) is 0 Å². The molecule has 6 heteroatoms. The van der Waals surface area contributed by atoms with E-state index in [2.05, 4.69) is 24.5 Å². The number of hydrogen-bond donors (Lipinski definition) is 2. The molecule has 144 valence electrons. The average molecular weight is 361 g/mol. The molecule has 0 aromatic heterocycles. The van der Waals surface area contributed by atoms with Gasteiger partial charge in [0.15, 0.2) is 0 Å². The van der Waals surface area contributed by atoms with Gasteiger partial charge in [0.05, 0.1) is 7.11 Å². The largest absolute Gasteiger partial charge is 0.452 e. The van der Waals surface area contributed by atoms with Crippen molar-refractivity contribution in [3.63, 3.8) is 0 Å². The molecule has 1 aliphatic heterocycles. The van der Waals surface area contributed by atoms with E-state index in [0.717, 1.165) is 32.4 Å². The Morgan fingerprint density at radius 2 is 1.96 bits per heavy atom. The highest BCUT2D eigenvalue weighted by Crippen LogP contribution is 2.22. The van der Waals surface area contributed by atoms with Crippen LogP contribution in [0.4, 0.5) is 10.5 Å². The maximum Gasteiger partial charge on any atom is 0.414 e. The number of carbonyl (C=O) groups is 2. The van der Waals surface area contributed by atoms with Crippen LogP contribution in [0.25, 0.3) is 0 Å². The Morgan fingerprint density at radius 3 is 2.62 bits per heavy atom. The van der Waals surface area contributed by atoms with Crippen LogP contribution in [0.3, 0.4) is 0 Å². The third kappa shape index (κ3) is 5.73. The average Bonchev–Trinajstić information content (AvgIpc) is 2.90. The minimum Gasteiger partial charge on any atom is -0.452 e. The Labute approximate surface area is 156 Å². The number of hydrogen-bond acceptors (Lipinski definition) is 4. The SMILES string of the molecule is COC(=O)N(c1ccccc1)[C@@H](CC(C)C)C(=O)NC1CCCNCC1. The molecule has 1 heterocycles. The van der Waals surface area contributed by atoms with Crippen LogP contribution < -0.4 is 15.5 Å². The first-order valence-electron chi connectivity index (χ1n) is 9.46. The maximum absolute atomic E-state index is 13.1. The van der Waals surface area contributed by atoms with Crippen molar-refractivity contribution in [2.45, 2.75) is 51.6 Å². The summed E-state index contributed by atoms with van der Waals surface area (Å²) < 4.78 is 4.99. The number of nitrogens with zero attached hydrogens (tertiary/aromatic N) is 1. The second kappa shape index (κ2) is 10.2. The van der Waals surface area contributed by atoms with Gasteiger partial charge in [-0.1, -0.05) is 32.0 Å². The number of carbonyl (C=O) groups excluding carboxylic acids is 2. The number of ether oxygens (including phenoxy) is 1. The zero-order valence-electron chi connectivity index (χ0n) is 16.0. The van der Waals surface area contributed by atoms with Gasteiger partial charge in [0.25, 0.3) is 0 Å². The van der Waals surface area contributed by atoms with Crippen LogP contribution in [0.5, 0.6) is 0 Å². The Kier molecular flexibility index (Phi) is 7.91.